The maximum Gasteiger partial charge on any atom is 0.226 e. The molecule has 1 aliphatic heterocycles. The molecule has 0 spiro atoms. The second kappa shape index (κ2) is 4.72. The molecule has 0 saturated heterocycles. The summed E-state index contributed by atoms with van der Waals surface area (Å²) < 4.78 is 1.90. The number of nitrogens with zero attached hydrogens (tertiary/aromatic N) is 2. The Kier molecular flexibility index (Phi) is 3.12. The number of aromatic nitrogens is 2. The molecule has 2 aromatic rings. The molecule has 1 aromatic carbocycles. The first kappa shape index (κ1) is 13.9. The summed E-state index contributed by atoms with van der Waals surface area (Å²) >= 11 is 0. The van der Waals surface area contributed by atoms with Crippen molar-refractivity contribution in [1.82, 2.24) is 9.78 Å². The molecule has 4 heteroatoms. The van der Waals surface area contributed by atoms with Crippen LogP contribution in [0, 0.1) is 6.92 Å². The minimum absolute atomic E-state index is 0.0547. The summed E-state index contributed by atoms with van der Waals surface area (Å²) in [5.41, 5.74) is 3.35. The lowest BCUT2D eigenvalue weighted by molar-refractivity contribution is -0.116. The second-order valence-electron chi connectivity index (χ2n) is 6.75. The summed E-state index contributed by atoms with van der Waals surface area (Å²) in [5.74, 6) is 0.980. The van der Waals surface area contributed by atoms with Crippen molar-refractivity contribution >= 4 is 11.7 Å². The third-order valence-corrected chi connectivity index (χ3v) is 3.94. The van der Waals surface area contributed by atoms with Gasteiger partial charge in [0.2, 0.25) is 5.91 Å². The van der Waals surface area contributed by atoms with Crippen molar-refractivity contribution in [3.8, 4) is 0 Å². The zero-order valence-electron chi connectivity index (χ0n) is 13.0. The van der Waals surface area contributed by atoms with E-state index in [4.69, 9.17) is 0 Å². The molecule has 1 aliphatic rings. The molecule has 21 heavy (non-hydrogen) atoms. The van der Waals surface area contributed by atoms with Gasteiger partial charge in [-0.2, -0.15) is 5.10 Å². The summed E-state index contributed by atoms with van der Waals surface area (Å²) in [6, 6.07) is 8.40. The maximum absolute atomic E-state index is 12.1. The molecule has 1 N–H and O–H groups in total. The Morgan fingerprint density at radius 3 is 2.52 bits per heavy atom. The third-order valence-electron chi connectivity index (χ3n) is 3.94. The topological polar surface area (TPSA) is 46.9 Å². The molecule has 4 nitrogen and oxygen atoms in total. The van der Waals surface area contributed by atoms with E-state index in [1.54, 1.807) is 0 Å². The molecule has 2 heterocycles. The van der Waals surface area contributed by atoms with Gasteiger partial charge in [-0.1, -0.05) is 29.8 Å². The van der Waals surface area contributed by atoms with E-state index >= 15 is 0 Å². The first-order chi connectivity index (χ1) is 9.86. The van der Waals surface area contributed by atoms with Crippen LogP contribution in [-0.4, -0.2) is 15.7 Å². The lowest BCUT2D eigenvalue weighted by Gasteiger charge is -2.28. The summed E-state index contributed by atoms with van der Waals surface area (Å²) in [4.78, 5) is 12.1. The van der Waals surface area contributed by atoms with E-state index in [1.165, 1.54) is 11.1 Å². The highest BCUT2D eigenvalue weighted by Gasteiger charge is 2.32. The van der Waals surface area contributed by atoms with Gasteiger partial charge in [0.25, 0.3) is 0 Å². The van der Waals surface area contributed by atoms with Crippen molar-refractivity contribution in [2.45, 2.75) is 45.6 Å². The molecule has 0 aliphatic carbocycles. The molecule has 0 saturated carbocycles. The highest BCUT2D eigenvalue weighted by Crippen LogP contribution is 2.38. The number of hydrogen-bond donors (Lipinski definition) is 1. The van der Waals surface area contributed by atoms with Crippen LogP contribution in [-0.2, 0) is 10.3 Å². The molecule has 3 rings (SSSR count). The van der Waals surface area contributed by atoms with Gasteiger partial charge in [0, 0.05) is 17.9 Å². The first-order valence-electron chi connectivity index (χ1n) is 7.31. The van der Waals surface area contributed by atoms with Gasteiger partial charge in [0.15, 0.2) is 0 Å². The van der Waals surface area contributed by atoms with Gasteiger partial charge >= 0.3 is 0 Å². The number of amides is 1. The van der Waals surface area contributed by atoms with Crippen LogP contribution in [0.25, 0.3) is 0 Å². The molecule has 0 fully saturated rings. The normalized spacial score (nSPS) is 18.3. The first-order valence-corrected chi connectivity index (χ1v) is 7.31. The van der Waals surface area contributed by atoms with E-state index in [0.717, 1.165) is 11.4 Å². The van der Waals surface area contributed by atoms with Crippen LogP contribution in [0.4, 0.5) is 5.82 Å². The molecular weight excluding hydrogens is 262 g/mol. The van der Waals surface area contributed by atoms with Gasteiger partial charge in [0.05, 0.1) is 11.7 Å². The van der Waals surface area contributed by atoms with Crippen molar-refractivity contribution in [2.24, 2.45) is 0 Å². The average molecular weight is 283 g/mol. The van der Waals surface area contributed by atoms with Gasteiger partial charge in [-0.15, -0.1) is 0 Å². The molecule has 1 aromatic heterocycles. The van der Waals surface area contributed by atoms with Crippen LogP contribution in [0.2, 0.25) is 0 Å². The molecule has 0 bridgehead atoms. The number of aryl methyl sites for hydroxylation is 1. The Balaban J connectivity index is 2.09. The van der Waals surface area contributed by atoms with Crippen molar-refractivity contribution < 1.29 is 4.79 Å². The van der Waals surface area contributed by atoms with E-state index < -0.39 is 0 Å². The third kappa shape index (κ3) is 2.46. The fourth-order valence-corrected chi connectivity index (χ4v) is 2.82. The predicted molar refractivity (Wildman–Crippen MR) is 83.5 cm³/mol. The van der Waals surface area contributed by atoms with E-state index in [0.29, 0.717) is 6.42 Å². The van der Waals surface area contributed by atoms with Crippen molar-refractivity contribution in [1.29, 1.82) is 0 Å². The van der Waals surface area contributed by atoms with E-state index in [-0.39, 0.29) is 17.4 Å². The van der Waals surface area contributed by atoms with Crippen LogP contribution < -0.4 is 5.32 Å². The minimum Gasteiger partial charge on any atom is -0.311 e. The van der Waals surface area contributed by atoms with E-state index in [2.05, 4.69) is 62.4 Å². The van der Waals surface area contributed by atoms with Crippen LogP contribution >= 0.6 is 0 Å². The van der Waals surface area contributed by atoms with Gasteiger partial charge in [-0.05, 0) is 33.3 Å². The lowest BCUT2D eigenvalue weighted by atomic mass is 9.87. The fraction of sp³-hybridized carbons (Fsp3) is 0.412. The van der Waals surface area contributed by atoms with Crippen LogP contribution in [0.15, 0.2) is 30.5 Å². The highest BCUT2D eigenvalue weighted by atomic mass is 16.1. The average Bonchev–Trinajstić information content (AvgIpc) is 2.82. The lowest BCUT2D eigenvalue weighted by Crippen LogP contribution is -2.30. The SMILES string of the molecule is Cc1ccc([C@H]2CC(=O)Nc3c2cnn3C(C)(C)C)cc1. The Morgan fingerprint density at radius 1 is 1.24 bits per heavy atom. The van der Waals surface area contributed by atoms with Gasteiger partial charge in [-0.25, -0.2) is 4.68 Å². The Hall–Kier alpha value is -2.10. The van der Waals surface area contributed by atoms with Gasteiger partial charge < -0.3 is 5.32 Å². The summed E-state index contributed by atoms with van der Waals surface area (Å²) in [6.45, 7) is 8.33. The van der Waals surface area contributed by atoms with Gasteiger partial charge in [0.1, 0.15) is 5.82 Å². The largest absolute Gasteiger partial charge is 0.311 e. The molecular formula is C17H21N3O. The number of carbonyl (C=O) groups excluding carboxylic acids is 1. The Labute approximate surface area is 125 Å². The molecule has 0 radical (unpaired) electrons. The summed E-state index contributed by atoms with van der Waals surface area (Å²) in [6.07, 6.45) is 2.37. The van der Waals surface area contributed by atoms with Crippen LogP contribution in [0.3, 0.4) is 0 Å². The van der Waals surface area contributed by atoms with Gasteiger partial charge in [-0.3, -0.25) is 4.79 Å². The number of rotatable bonds is 1. The van der Waals surface area contributed by atoms with E-state index in [9.17, 15) is 4.79 Å². The minimum atomic E-state index is -0.157. The van der Waals surface area contributed by atoms with Crippen molar-refractivity contribution in [3.63, 3.8) is 0 Å². The number of carbonyl (C=O) groups is 1. The molecule has 110 valence electrons. The van der Waals surface area contributed by atoms with Crippen LogP contribution in [0.1, 0.15) is 49.8 Å². The smallest absolute Gasteiger partial charge is 0.226 e. The number of benzene rings is 1. The van der Waals surface area contributed by atoms with Crippen LogP contribution in [0.5, 0.6) is 0 Å². The number of hydrogen-bond acceptors (Lipinski definition) is 2. The summed E-state index contributed by atoms with van der Waals surface area (Å²) in [7, 11) is 0. The quantitative estimate of drug-likeness (QED) is 0.871. The Morgan fingerprint density at radius 2 is 1.90 bits per heavy atom. The molecule has 1 amide bonds. The molecule has 1 atom stereocenters. The van der Waals surface area contributed by atoms with Crippen molar-refractivity contribution in [2.75, 3.05) is 5.32 Å². The zero-order chi connectivity index (χ0) is 15.2. The summed E-state index contributed by atoms with van der Waals surface area (Å²) in [5, 5.41) is 7.49. The number of anilines is 1. The number of nitrogens with one attached hydrogen (secondary N) is 1. The van der Waals surface area contributed by atoms with Crippen molar-refractivity contribution in [3.05, 3.63) is 47.2 Å². The standard InChI is InChI=1S/C17H21N3O/c1-11-5-7-12(8-6-11)13-9-15(21)19-16-14(13)10-18-20(16)17(2,3)4/h5-8,10,13H,9H2,1-4H3,(H,19,21)/t13-/m1/s1. The monoisotopic (exact) mass is 283 g/mol. The zero-order valence-corrected chi connectivity index (χ0v) is 13.0. The van der Waals surface area contributed by atoms with E-state index in [1.807, 2.05) is 10.9 Å². The number of fused-ring (bicyclic) bond motifs is 1. The molecule has 0 unspecified atom stereocenters. The highest BCUT2D eigenvalue weighted by molar-refractivity contribution is 5.94. The fourth-order valence-electron chi connectivity index (χ4n) is 2.82. The Bertz CT molecular complexity index is 677. The second-order valence-corrected chi connectivity index (χ2v) is 6.75. The predicted octanol–water partition coefficient (Wildman–Crippen LogP) is 3.42. The maximum atomic E-state index is 12.1.